The highest BCUT2D eigenvalue weighted by Crippen LogP contribution is 2.58. The first-order valence-electron chi connectivity index (χ1n) is 8.74. The molecule has 3 heteroatoms. The molecule has 0 spiro atoms. The molecule has 2 saturated carbocycles. The van der Waals surface area contributed by atoms with E-state index in [4.69, 9.17) is 0 Å². The van der Waals surface area contributed by atoms with Crippen LogP contribution in [0.1, 0.15) is 72.6 Å². The molecule has 21 heavy (non-hydrogen) atoms. The lowest BCUT2D eigenvalue weighted by molar-refractivity contribution is -0.0582. The van der Waals surface area contributed by atoms with Gasteiger partial charge in [0.2, 0.25) is 0 Å². The summed E-state index contributed by atoms with van der Waals surface area (Å²) in [5.74, 6) is 1.66. The smallest absolute Gasteiger partial charge is 0.0849 e. The normalized spacial score (nSPS) is 39.9. The van der Waals surface area contributed by atoms with E-state index >= 15 is 0 Å². The molecular weight excluding hydrogens is 264 g/mol. The average Bonchev–Trinajstić information content (AvgIpc) is 2.73. The molecule has 0 aromatic heterocycles. The Balaban J connectivity index is 1.95. The molecule has 0 bridgehead atoms. The Labute approximate surface area is 129 Å². The third kappa shape index (κ3) is 3.46. The Kier molecular flexibility index (Phi) is 5.07. The van der Waals surface area contributed by atoms with E-state index in [-0.39, 0.29) is 11.5 Å². The number of hydrogen-bond donors (Lipinski definition) is 3. The summed E-state index contributed by atoms with van der Waals surface area (Å²) in [4.78, 5) is 0. The SMILES string of the molecule is C[C@@H](CC[C@@H](O)C(C)(C)O)C1CC[C@H]2[C@@H](O)CCC[C@]12C. The largest absolute Gasteiger partial charge is 0.393 e. The molecule has 124 valence electrons. The van der Waals surface area contributed by atoms with Crippen molar-refractivity contribution in [1.29, 1.82) is 0 Å². The number of rotatable bonds is 5. The second-order valence-electron chi connectivity index (χ2n) is 8.48. The van der Waals surface area contributed by atoms with Crippen molar-refractivity contribution >= 4 is 0 Å². The Morgan fingerprint density at radius 2 is 1.86 bits per heavy atom. The highest BCUT2D eigenvalue weighted by Gasteiger charge is 2.52. The maximum Gasteiger partial charge on any atom is 0.0849 e. The third-order valence-corrected chi connectivity index (χ3v) is 6.56. The van der Waals surface area contributed by atoms with Crippen LogP contribution < -0.4 is 0 Å². The Morgan fingerprint density at radius 1 is 1.19 bits per heavy atom. The van der Waals surface area contributed by atoms with Crippen molar-refractivity contribution in [3.05, 3.63) is 0 Å². The van der Waals surface area contributed by atoms with E-state index in [1.165, 1.54) is 12.8 Å². The summed E-state index contributed by atoms with van der Waals surface area (Å²) in [5.41, 5.74) is -0.736. The maximum atomic E-state index is 10.3. The van der Waals surface area contributed by atoms with Crippen molar-refractivity contribution in [3.63, 3.8) is 0 Å². The van der Waals surface area contributed by atoms with Gasteiger partial charge in [-0.15, -0.1) is 0 Å². The first-order chi connectivity index (χ1) is 9.66. The summed E-state index contributed by atoms with van der Waals surface area (Å²) in [7, 11) is 0. The quantitative estimate of drug-likeness (QED) is 0.731. The molecular formula is C18H34O3. The van der Waals surface area contributed by atoms with Crippen LogP contribution >= 0.6 is 0 Å². The molecule has 0 aliphatic heterocycles. The standard InChI is InChI=1S/C18H34O3/c1-12(7-10-16(20)17(2,3)21)13-8-9-14-15(19)6-5-11-18(13,14)4/h12-16,19-21H,5-11H2,1-4H3/t12-,13?,14-,15-,16+,18+/m0/s1. The van der Waals surface area contributed by atoms with Gasteiger partial charge in [-0.25, -0.2) is 0 Å². The van der Waals surface area contributed by atoms with Crippen LogP contribution in [0.15, 0.2) is 0 Å². The topological polar surface area (TPSA) is 60.7 Å². The number of aliphatic hydroxyl groups excluding tert-OH is 2. The van der Waals surface area contributed by atoms with Gasteiger partial charge in [0.25, 0.3) is 0 Å². The highest BCUT2D eigenvalue weighted by atomic mass is 16.3. The van der Waals surface area contributed by atoms with Crippen molar-refractivity contribution in [3.8, 4) is 0 Å². The second-order valence-corrected chi connectivity index (χ2v) is 8.48. The molecule has 2 fully saturated rings. The van der Waals surface area contributed by atoms with Crippen LogP contribution in [0.25, 0.3) is 0 Å². The van der Waals surface area contributed by atoms with E-state index in [1.807, 2.05) is 0 Å². The average molecular weight is 298 g/mol. The van der Waals surface area contributed by atoms with Crippen LogP contribution in [0.3, 0.4) is 0 Å². The van der Waals surface area contributed by atoms with Crippen LogP contribution in [0.2, 0.25) is 0 Å². The van der Waals surface area contributed by atoms with Crippen LogP contribution in [0.4, 0.5) is 0 Å². The van der Waals surface area contributed by atoms with Gasteiger partial charge in [-0.05, 0) is 75.5 Å². The van der Waals surface area contributed by atoms with Crippen molar-refractivity contribution in [2.75, 3.05) is 0 Å². The van der Waals surface area contributed by atoms with E-state index in [2.05, 4.69) is 13.8 Å². The van der Waals surface area contributed by atoms with Crippen molar-refractivity contribution in [2.24, 2.45) is 23.2 Å². The fourth-order valence-corrected chi connectivity index (χ4v) is 5.10. The molecule has 2 aliphatic rings. The Morgan fingerprint density at radius 3 is 2.48 bits per heavy atom. The molecule has 0 saturated heterocycles. The van der Waals surface area contributed by atoms with Gasteiger partial charge < -0.3 is 15.3 Å². The lowest BCUT2D eigenvalue weighted by Gasteiger charge is -2.45. The predicted molar refractivity (Wildman–Crippen MR) is 84.9 cm³/mol. The first kappa shape index (κ1) is 17.2. The Hall–Kier alpha value is -0.120. The number of hydrogen-bond acceptors (Lipinski definition) is 3. The second kappa shape index (κ2) is 6.17. The summed E-state index contributed by atoms with van der Waals surface area (Å²) < 4.78 is 0. The predicted octanol–water partition coefficient (Wildman–Crippen LogP) is 3.11. The summed E-state index contributed by atoms with van der Waals surface area (Å²) in [5, 5.41) is 30.2. The minimum Gasteiger partial charge on any atom is -0.393 e. The molecule has 0 amide bonds. The highest BCUT2D eigenvalue weighted by molar-refractivity contribution is 5.01. The zero-order chi connectivity index (χ0) is 15.8. The van der Waals surface area contributed by atoms with Gasteiger partial charge in [0.15, 0.2) is 0 Å². The van der Waals surface area contributed by atoms with Crippen LogP contribution in [-0.2, 0) is 0 Å². The van der Waals surface area contributed by atoms with Gasteiger partial charge in [0, 0.05) is 0 Å². The van der Waals surface area contributed by atoms with Gasteiger partial charge in [0.05, 0.1) is 17.8 Å². The molecule has 3 nitrogen and oxygen atoms in total. The number of fused-ring (bicyclic) bond motifs is 1. The molecule has 0 heterocycles. The van der Waals surface area contributed by atoms with E-state index in [0.717, 1.165) is 25.7 Å². The number of aliphatic hydroxyl groups is 3. The summed E-state index contributed by atoms with van der Waals surface area (Å²) in [6, 6.07) is 0. The van der Waals surface area contributed by atoms with Crippen LogP contribution in [0.5, 0.6) is 0 Å². The molecule has 0 aromatic rings. The third-order valence-electron chi connectivity index (χ3n) is 6.56. The minimum atomic E-state index is -1.01. The Bertz CT molecular complexity index is 349. The summed E-state index contributed by atoms with van der Waals surface area (Å²) in [6.07, 6.45) is 6.56. The first-order valence-corrected chi connectivity index (χ1v) is 8.74. The molecule has 0 radical (unpaired) electrons. The van der Waals surface area contributed by atoms with E-state index in [0.29, 0.717) is 24.2 Å². The lowest BCUT2D eigenvalue weighted by atomic mass is 9.61. The monoisotopic (exact) mass is 298 g/mol. The summed E-state index contributed by atoms with van der Waals surface area (Å²) >= 11 is 0. The zero-order valence-electron chi connectivity index (χ0n) is 14.2. The molecule has 2 rings (SSSR count). The van der Waals surface area contributed by atoms with Crippen LogP contribution in [-0.4, -0.2) is 33.1 Å². The fourth-order valence-electron chi connectivity index (χ4n) is 5.10. The summed E-state index contributed by atoms with van der Waals surface area (Å²) in [6.45, 7) is 8.01. The fraction of sp³-hybridized carbons (Fsp3) is 1.00. The molecule has 1 unspecified atom stereocenters. The van der Waals surface area contributed by atoms with Crippen molar-refractivity contribution in [1.82, 2.24) is 0 Å². The van der Waals surface area contributed by atoms with Gasteiger partial charge in [-0.2, -0.15) is 0 Å². The van der Waals surface area contributed by atoms with E-state index in [9.17, 15) is 15.3 Å². The van der Waals surface area contributed by atoms with Gasteiger partial charge in [-0.3, -0.25) is 0 Å². The lowest BCUT2D eigenvalue weighted by Crippen LogP contribution is -2.42. The van der Waals surface area contributed by atoms with Gasteiger partial charge in [0.1, 0.15) is 0 Å². The van der Waals surface area contributed by atoms with E-state index in [1.54, 1.807) is 13.8 Å². The maximum absolute atomic E-state index is 10.3. The van der Waals surface area contributed by atoms with Crippen molar-refractivity contribution < 1.29 is 15.3 Å². The van der Waals surface area contributed by atoms with E-state index < -0.39 is 11.7 Å². The molecule has 2 aliphatic carbocycles. The molecule has 6 atom stereocenters. The molecule has 3 N–H and O–H groups in total. The van der Waals surface area contributed by atoms with Crippen molar-refractivity contribution in [2.45, 2.75) is 90.4 Å². The minimum absolute atomic E-state index is 0.108. The zero-order valence-corrected chi connectivity index (χ0v) is 14.2. The van der Waals surface area contributed by atoms with Crippen LogP contribution in [0, 0.1) is 23.2 Å². The van der Waals surface area contributed by atoms with Gasteiger partial charge in [-0.1, -0.05) is 20.3 Å². The van der Waals surface area contributed by atoms with Gasteiger partial charge >= 0.3 is 0 Å². The molecule has 0 aromatic carbocycles.